The molecule has 0 spiro atoms. The minimum atomic E-state index is 0.142. The molecule has 3 N–H and O–H groups in total. The van der Waals surface area contributed by atoms with Gasteiger partial charge in [0, 0.05) is 4.70 Å². The van der Waals surface area contributed by atoms with Crippen molar-refractivity contribution in [2.24, 2.45) is 5.73 Å². The van der Waals surface area contributed by atoms with Crippen molar-refractivity contribution in [3.05, 3.63) is 40.8 Å². The Morgan fingerprint density at radius 2 is 2.20 bits per heavy atom. The van der Waals surface area contributed by atoms with Gasteiger partial charge in [-0.2, -0.15) is 0 Å². The molecule has 0 saturated heterocycles. The Balaban J connectivity index is 2.56. The highest BCUT2D eigenvalue weighted by atomic mass is 32.1. The highest BCUT2D eigenvalue weighted by Crippen LogP contribution is 2.26. The quantitative estimate of drug-likeness (QED) is 0.587. The predicted molar refractivity (Wildman–Crippen MR) is 67.5 cm³/mol. The number of allylic oxidation sites excluding steroid dienone is 1. The second kappa shape index (κ2) is 3.87. The first-order valence-corrected chi connectivity index (χ1v) is 5.53. The van der Waals surface area contributed by atoms with Crippen molar-refractivity contribution < 1.29 is 0 Å². The van der Waals surface area contributed by atoms with Gasteiger partial charge in [-0.25, -0.2) is 0 Å². The van der Waals surface area contributed by atoms with Gasteiger partial charge >= 0.3 is 0 Å². The summed E-state index contributed by atoms with van der Waals surface area (Å²) in [6.07, 6.45) is 4.07. The summed E-state index contributed by atoms with van der Waals surface area (Å²) in [4.78, 5) is 0.836. The summed E-state index contributed by atoms with van der Waals surface area (Å²) in [6, 6.07) is 8.22. The maximum Gasteiger partial charge on any atom is 0.133 e. The minimum Gasteiger partial charge on any atom is -0.383 e. The first kappa shape index (κ1) is 9.93. The lowest BCUT2D eigenvalue weighted by Gasteiger charge is -1.92. The highest BCUT2D eigenvalue weighted by Gasteiger charge is 2.03. The van der Waals surface area contributed by atoms with Gasteiger partial charge in [0.2, 0.25) is 0 Å². The van der Waals surface area contributed by atoms with Gasteiger partial charge < -0.3 is 5.73 Å². The Morgan fingerprint density at radius 1 is 1.40 bits per heavy atom. The molecule has 0 aliphatic rings. The Bertz CT molecular complexity index is 538. The lowest BCUT2D eigenvalue weighted by molar-refractivity contribution is 1.46. The number of amidine groups is 1. The third-order valence-corrected chi connectivity index (χ3v) is 3.31. The molecule has 2 nitrogen and oxygen atoms in total. The molecule has 0 saturated carbocycles. The van der Waals surface area contributed by atoms with E-state index in [-0.39, 0.29) is 5.84 Å². The zero-order valence-corrected chi connectivity index (χ0v) is 9.27. The van der Waals surface area contributed by atoms with Crippen molar-refractivity contribution in [3.8, 4) is 0 Å². The van der Waals surface area contributed by atoms with Crippen LogP contribution in [0.3, 0.4) is 0 Å². The molecule has 0 atom stereocenters. The molecule has 0 aliphatic heterocycles. The molecule has 1 aromatic heterocycles. The van der Waals surface area contributed by atoms with Crippen LogP contribution in [0.15, 0.2) is 30.3 Å². The number of nitrogens with two attached hydrogens (primary N) is 1. The van der Waals surface area contributed by atoms with Crippen LogP contribution in [-0.4, -0.2) is 5.84 Å². The van der Waals surface area contributed by atoms with Crippen LogP contribution in [0.1, 0.15) is 17.4 Å². The van der Waals surface area contributed by atoms with Gasteiger partial charge in [0.25, 0.3) is 0 Å². The van der Waals surface area contributed by atoms with E-state index in [1.807, 2.05) is 19.1 Å². The number of rotatable bonds is 2. The summed E-state index contributed by atoms with van der Waals surface area (Å²) in [5.41, 5.74) is 6.63. The van der Waals surface area contributed by atoms with Crippen LogP contribution in [-0.2, 0) is 0 Å². The van der Waals surface area contributed by atoms with Crippen LogP contribution in [0.4, 0.5) is 0 Å². The zero-order valence-electron chi connectivity index (χ0n) is 8.45. The Hall–Kier alpha value is -1.61. The minimum absolute atomic E-state index is 0.142. The molecule has 1 aromatic carbocycles. The summed E-state index contributed by atoms with van der Waals surface area (Å²) in [7, 11) is 0. The van der Waals surface area contributed by atoms with E-state index in [9.17, 15) is 0 Å². The molecule has 1 heterocycles. The van der Waals surface area contributed by atoms with Crippen molar-refractivity contribution in [2.45, 2.75) is 6.92 Å². The number of benzene rings is 1. The maximum absolute atomic E-state index is 7.38. The van der Waals surface area contributed by atoms with Gasteiger partial charge in [-0.15, -0.1) is 11.3 Å². The third-order valence-electron chi connectivity index (χ3n) is 2.16. The molecule has 0 unspecified atom stereocenters. The second-order valence-electron chi connectivity index (χ2n) is 3.32. The predicted octanol–water partition coefficient (Wildman–Crippen LogP) is 3.22. The fraction of sp³-hybridized carbons (Fsp3) is 0.0833. The second-order valence-corrected chi connectivity index (χ2v) is 4.41. The summed E-state index contributed by atoms with van der Waals surface area (Å²) in [5.74, 6) is 0.142. The largest absolute Gasteiger partial charge is 0.383 e. The molecule has 15 heavy (non-hydrogen) atoms. The number of hydrogen-bond acceptors (Lipinski definition) is 2. The van der Waals surface area contributed by atoms with Gasteiger partial charge in [0.15, 0.2) is 0 Å². The SMILES string of the molecule is C/C=C/c1ccc2sc(C(=N)N)cc2c1. The van der Waals surface area contributed by atoms with E-state index in [0.717, 1.165) is 10.3 Å². The van der Waals surface area contributed by atoms with Crippen LogP contribution in [0.5, 0.6) is 0 Å². The average Bonchev–Trinajstić information content (AvgIpc) is 2.61. The number of fused-ring (bicyclic) bond motifs is 1. The molecular formula is C12H12N2S. The fourth-order valence-corrected chi connectivity index (χ4v) is 2.40. The van der Waals surface area contributed by atoms with E-state index in [2.05, 4.69) is 24.3 Å². The lowest BCUT2D eigenvalue weighted by Crippen LogP contribution is -2.08. The molecule has 0 aliphatic carbocycles. The van der Waals surface area contributed by atoms with Crippen molar-refractivity contribution >= 4 is 33.3 Å². The van der Waals surface area contributed by atoms with E-state index >= 15 is 0 Å². The third kappa shape index (κ3) is 1.92. The van der Waals surface area contributed by atoms with Gasteiger partial charge in [-0.05, 0) is 36.1 Å². The van der Waals surface area contributed by atoms with Gasteiger partial charge in [0.05, 0.1) is 4.88 Å². The molecular weight excluding hydrogens is 204 g/mol. The number of nitrogen functional groups attached to an aromatic ring is 1. The number of thiophene rings is 1. The standard InChI is InChI=1S/C12H12N2S/c1-2-3-8-4-5-10-9(6-8)7-11(15-10)12(13)14/h2-7H,1H3,(H3,13,14)/b3-2+. The molecule has 2 rings (SSSR count). The van der Waals surface area contributed by atoms with E-state index < -0.39 is 0 Å². The molecule has 0 amide bonds. The monoisotopic (exact) mass is 216 g/mol. The van der Waals surface area contributed by atoms with Crippen LogP contribution in [0.2, 0.25) is 0 Å². The Kier molecular flexibility index (Phi) is 2.56. The van der Waals surface area contributed by atoms with Crippen molar-refractivity contribution in [1.29, 1.82) is 5.41 Å². The summed E-state index contributed by atoms with van der Waals surface area (Å²) in [5, 5.41) is 8.53. The molecule has 3 heteroatoms. The molecule has 2 aromatic rings. The van der Waals surface area contributed by atoms with E-state index in [1.165, 1.54) is 10.3 Å². The normalized spacial score (nSPS) is 11.3. The van der Waals surface area contributed by atoms with Crippen LogP contribution in [0.25, 0.3) is 16.2 Å². The summed E-state index contributed by atoms with van der Waals surface area (Å²) in [6.45, 7) is 2.00. The number of hydrogen-bond donors (Lipinski definition) is 2. The smallest absolute Gasteiger partial charge is 0.133 e. The molecule has 0 fully saturated rings. The van der Waals surface area contributed by atoms with Crippen LogP contribution >= 0.6 is 11.3 Å². The van der Waals surface area contributed by atoms with E-state index in [4.69, 9.17) is 11.1 Å². The topological polar surface area (TPSA) is 49.9 Å². The summed E-state index contributed by atoms with van der Waals surface area (Å²) < 4.78 is 1.17. The maximum atomic E-state index is 7.38. The van der Waals surface area contributed by atoms with Gasteiger partial charge in [-0.1, -0.05) is 18.2 Å². The van der Waals surface area contributed by atoms with Crippen molar-refractivity contribution in [1.82, 2.24) is 0 Å². The van der Waals surface area contributed by atoms with Crippen LogP contribution in [0, 0.1) is 5.41 Å². The Morgan fingerprint density at radius 3 is 2.87 bits per heavy atom. The van der Waals surface area contributed by atoms with Gasteiger partial charge in [0.1, 0.15) is 5.84 Å². The van der Waals surface area contributed by atoms with Gasteiger partial charge in [-0.3, -0.25) is 5.41 Å². The molecule has 0 bridgehead atoms. The Labute approximate surface area is 92.5 Å². The first-order chi connectivity index (χ1) is 7.20. The fourth-order valence-electron chi connectivity index (χ4n) is 1.49. The molecule has 0 radical (unpaired) electrons. The number of nitrogens with one attached hydrogen (secondary N) is 1. The van der Waals surface area contributed by atoms with E-state index in [0.29, 0.717) is 0 Å². The highest BCUT2D eigenvalue weighted by molar-refractivity contribution is 7.20. The van der Waals surface area contributed by atoms with E-state index in [1.54, 1.807) is 11.3 Å². The molecule has 76 valence electrons. The van der Waals surface area contributed by atoms with Crippen molar-refractivity contribution in [3.63, 3.8) is 0 Å². The lowest BCUT2D eigenvalue weighted by atomic mass is 10.1. The van der Waals surface area contributed by atoms with Crippen LogP contribution < -0.4 is 5.73 Å². The zero-order chi connectivity index (χ0) is 10.8. The summed E-state index contributed by atoms with van der Waals surface area (Å²) >= 11 is 1.56. The van der Waals surface area contributed by atoms with Crippen molar-refractivity contribution in [2.75, 3.05) is 0 Å². The first-order valence-electron chi connectivity index (χ1n) is 4.71. The average molecular weight is 216 g/mol.